The van der Waals surface area contributed by atoms with E-state index in [0.29, 0.717) is 44.4 Å². The highest BCUT2D eigenvalue weighted by molar-refractivity contribution is 6.31. The molecule has 1 unspecified atom stereocenters. The van der Waals surface area contributed by atoms with Gasteiger partial charge in [0.05, 0.1) is 29.7 Å². The molecule has 1 aromatic heterocycles. The molecular formula is C33H30ClN3O4. The molecule has 0 saturated carbocycles. The van der Waals surface area contributed by atoms with Crippen molar-refractivity contribution in [3.05, 3.63) is 106 Å². The Kier molecular flexibility index (Phi) is 8.08. The van der Waals surface area contributed by atoms with Gasteiger partial charge in [-0.2, -0.15) is 0 Å². The second kappa shape index (κ2) is 11.9. The molecular weight excluding hydrogens is 538 g/mol. The van der Waals surface area contributed by atoms with Gasteiger partial charge in [0, 0.05) is 22.2 Å². The molecule has 1 atom stereocenters. The molecule has 5 aromatic rings. The number of benzene rings is 4. The number of carbonyl (C=O) groups is 2. The third-order valence-corrected chi connectivity index (χ3v) is 7.38. The zero-order valence-electron chi connectivity index (χ0n) is 23.0. The first-order chi connectivity index (χ1) is 19.8. The molecule has 0 fully saturated rings. The van der Waals surface area contributed by atoms with Gasteiger partial charge in [-0.15, -0.1) is 0 Å². The summed E-state index contributed by atoms with van der Waals surface area (Å²) in [6.45, 7) is 3.87. The lowest BCUT2D eigenvalue weighted by atomic mass is 9.90. The van der Waals surface area contributed by atoms with Crippen LogP contribution in [-0.2, 0) is 0 Å². The molecule has 4 aromatic carbocycles. The van der Waals surface area contributed by atoms with Gasteiger partial charge in [-0.1, -0.05) is 55.3 Å². The van der Waals surface area contributed by atoms with E-state index in [9.17, 15) is 14.7 Å². The maximum Gasteiger partial charge on any atom is 0.336 e. The monoisotopic (exact) mass is 567 g/mol. The molecule has 0 bridgehead atoms. The number of carboxylic acids is 1. The van der Waals surface area contributed by atoms with Crippen molar-refractivity contribution in [3.8, 4) is 28.3 Å². The molecule has 208 valence electrons. The molecule has 7 nitrogen and oxygen atoms in total. The van der Waals surface area contributed by atoms with E-state index in [0.717, 1.165) is 29.4 Å². The van der Waals surface area contributed by atoms with E-state index in [4.69, 9.17) is 21.3 Å². The van der Waals surface area contributed by atoms with Gasteiger partial charge in [-0.25, -0.2) is 9.78 Å². The fourth-order valence-electron chi connectivity index (χ4n) is 5.07. The van der Waals surface area contributed by atoms with E-state index in [1.54, 1.807) is 32.2 Å². The van der Waals surface area contributed by atoms with E-state index in [-0.39, 0.29) is 17.5 Å². The predicted octanol–water partition coefficient (Wildman–Crippen LogP) is 7.84. The number of nitrogens with zero attached hydrogens (tertiary/aromatic N) is 1. The number of H-pyrrole nitrogens is 1. The Balaban J connectivity index is 1.58. The van der Waals surface area contributed by atoms with Crippen LogP contribution in [0.15, 0.2) is 78.9 Å². The third kappa shape index (κ3) is 5.81. The normalized spacial score (nSPS) is 11.8. The number of fused-ring (bicyclic) bond motifs is 1. The Morgan fingerprint density at radius 1 is 0.976 bits per heavy atom. The number of aryl methyl sites for hydroxylation is 1. The van der Waals surface area contributed by atoms with Crippen molar-refractivity contribution in [2.24, 2.45) is 0 Å². The Morgan fingerprint density at radius 2 is 1.76 bits per heavy atom. The number of carbonyl (C=O) groups excluding carboxylic acids is 1. The van der Waals surface area contributed by atoms with E-state index < -0.39 is 5.97 Å². The Bertz CT molecular complexity index is 1750. The first-order valence-electron chi connectivity index (χ1n) is 13.4. The minimum atomic E-state index is -1.15. The van der Waals surface area contributed by atoms with Crippen LogP contribution in [0.5, 0.6) is 5.75 Å². The number of amides is 1. The number of aromatic nitrogens is 2. The molecule has 0 aliphatic rings. The van der Waals surface area contributed by atoms with Crippen LogP contribution in [-0.4, -0.2) is 34.1 Å². The minimum Gasteiger partial charge on any atom is -0.497 e. The molecule has 8 heteroatoms. The van der Waals surface area contributed by atoms with Gasteiger partial charge in [0.15, 0.2) is 0 Å². The van der Waals surface area contributed by atoms with Crippen LogP contribution in [0.25, 0.3) is 33.5 Å². The number of hydrogen-bond acceptors (Lipinski definition) is 4. The molecule has 3 N–H and O–H groups in total. The number of nitrogens with one attached hydrogen (secondary N) is 2. The molecule has 0 spiro atoms. The van der Waals surface area contributed by atoms with Crippen LogP contribution >= 0.6 is 11.6 Å². The van der Waals surface area contributed by atoms with Crippen molar-refractivity contribution < 1.29 is 19.4 Å². The number of rotatable bonds is 9. The van der Waals surface area contributed by atoms with Crippen LogP contribution < -0.4 is 10.1 Å². The number of halogens is 1. The number of hydrogen-bond donors (Lipinski definition) is 3. The van der Waals surface area contributed by atoms with Gasteiger partial charge in [-0.3, -0.25) is 4.79 Å². The SMILES string of the molecule is CCCC(NC(=O)c1cc(C(=O)O)c(-c2cc(Cl)ccc2-c2nc3ccc(OC)cc3[nH]2)cc1C)c1ccccc1. The van der Waals surface area contributed by atoms with Gasteiger partial charge in [0.25, 0.3) is 5.91 Å². The standard InChI is InChI=1S/C33H30ClN3O4/c1-4-8-28(20-9-6-5-7-10-20)37-32(38)24-18-27(33(39)40)25(15-19(24)2)26-16-21(34)11-13-23(26)31-35-29-14-12-22(41-3)17-30(29)36-31/h5-7,9-18,28H,4,8H2,1-3H3,(H,35,36)(H,37,38)(H,39,40). The number of imidazole rings is 1. The molecule has 0 aliphatic carbocycles. The minimum absolute atomic E-state index is 0.00574. The lowest BCUT2D eigenvalue weighted by molar-refractivity contribution is 0.0697. The molecule has 1 amide bonds. The summed E-state index contributed by atoms with van der Waals surface area (Å²) < 4.78 is 5.33. The summed E-state index contributed by atoms with van der Waals surface area (Å²) in [6.07, 6.45) is 1.64. The zero-order chi connectivity index (χ0) is 29.1. The predicted molar refractivity (Wildman–Crippen MR) is 162 cm³/mol. The van der Waals surface area contributed by atoms with E-state index in [1.807, 2.05) is 54.6 Å². The molecule has 0 radical (unpaired) electrons. The summed E-state index contributed by atoms with van der Waals surface area (Å²) in [5, 5.41) is 13.8. The van der Waals surface area contributed by atoms with Crippen molar-refractivity contribution in [3.63, 3.8) is 0 Å². The van der Waals surface area contributed by atoms with Crippen LogP contribution in [0.3, 0.4) is 0 Å². The van der Waals surface area contributed by atoms with Gasteiger partial charge in [-0.05, 0) is 78.1 Å². The lowest BCUT2D eigenvalue weighted by Gasteiger charge is -2.20. The summed E-state index contributed by atoms with van der Waals surface area (Å²) in [4.78, 5) is 34.1. The van der Waals surface area contributed by atoms with E-state index >= 15 is 0 Å². The second-order valence-corrected chi connectivity index (χ2v) is 10.3. The number of ether oxygens (including phenoxy) is 1. The smallest absolute Gasteiger partial charge is 0.336 e. The Morgan fingerprint density at radius 3 is 2.46 bits per heavy atom. The molecule has 1 heterocycles. The first-order valence-corrected chi connectivity index (χ1v) is 13.7. The summed E-state index contributed by atoms with van der Waals surface area (Å²) in [7, 11) is 1.60. The van der Waals surface area contributed by atoms with Crippen molar-refractivity contribution >= 4 is 34.5 Å². The average Bonchev–Trinajstić information content (AvgIpc) is 3.40. The number of methoxy groups -OCH3 is 1. The van der Waals surface area contributed by atoms with Gasteiger partial charge < -0.3 is 20.1 Å². The summed E-state index contributed by atoms with van der Waals surface area (Å²) in [5.41, 5.74) is 5.17. The molecule has 41 heavy (non-hydrogen) atoms. The third-order valence-electron chi connectivity index (χ3n) is 7.14. The Hall–Kier alpha value is -4.62. The van der Waals surface area contributed by atoms with Crippen LogP contribution in [0.1, 0.15) is 57.7 Å². The number of carboxylic acid groups (broad SMARTS) is 1. The zero-order valence-corrected chi connectivity index (χ0v) is 23.8. The highest BCUT2D eigenvalue weighted by Gasteiger charge is 2.23. The van der Waals surface area contributed by atoms with Crippen LogP contribution in [0.4, 0.5) is 0 Å². The van der Waals surface area contributed by atoms with Crippen molar-refractivity contribution in [2.45, 2.75) is 32.7 Å². The van der Waals surface area contributed by atoms with Gasteiger partial charge in [0.2, 0.25) is 0 Å². The fourth-order valence-corrected chi connectivity index (χ4v) is 5.25. The van der Waals surface area contributed by atoms with Gasteiger partial charge >= 0.3 is 5.97 Å². The fraction of sp³-hybridized carbons (Fsp3) is 0.182. The summed E-state index contributed by atoms with van der Waals surface area (Å²) in [5.74, 6) is -0.227. The Labute approximate surface area is 243 Å². The molecule has 0 saturated heterocycles. The topological polar surface area (TPSA) is 104 Å². The highest BCUT2D eigenvalue weighted by atomic mass is 35.5. The molecule has 0 aliphatic heterocycles. The van der Waals surface area contributed by atoms with E-state index in [2.05, 4.69) is 17.2 Å². The lowest BCUT2D eigenvalue weighted by Crippen LogP contribution is -2.29. The highest BCUT2D eigenvalue weighted by Crippen LogP contribution is 2.37. The van der Waals surface area contributed by atoms with Crippen molar-refractivity contribution in [1.29, 1.82) is 0 Å². The van der Waals surface area contributed by atoms with Gasteiger partial charge in [0.1, 0.15) is 11.6 Å². The second-order valence-electron chi connectivity index (χ2n) is 9.90. The quantitative estimate of drug-likeness (QED) is 0.168. The maximum atomic E-state index is 13.5. The largest absolute Gasteiger partial charge is 0.497 e. The summed E-state index contributed by atoms with van der Waals surface area (Å²) >= 11 is 6.41. The molecule has 5 rings (SSSR count). The number of aromatic amines is 1. The summed E-state index contributed by atoms with van der Waals surface area (Å²) in [6, 6.07) is 23.6. The van der Waals surface area contributed by atoms with Crippen molar-refractivity contribution in [1.82, 2.24) is 15.3 Å². The number of aromatic carboxylic acids is 1. The van der Waals surface area contributed by atoms with E-state index in [1.165, 1.54) is 6.07 Å². The first kappa shape index (κ1) is 27.9. The van der Waals surface area contributed by atoms with Crippen LogP contribution in [0, 0.1) is 6.92 Å². The maximum absolute atomic E-state index is 13.5. The van der Waals surface area contributed by atoms with Crippen LogP contribution in [0.2, 0.25) is 5.02 Å². The van der Waals surface area contributed by atoms with Crippen molar-refractivity contribution in [2.75, 3.05) is 7.11 Å². The average molecular weight is 568 g/mol.